The lowest BCUT2D eigenvalue weighted by Gasteiger charge is -2.16. The summed E-state index contributed by atoms with van der Waals surface area (Å²) in [6.45, 7) is 0. The first-order chi connectivity index (χ1) is 14.8. The fourth-order valence-corrected chi connectivity index (χ4v) is 4.08. The molecule has 0 bridgehead atoms. The Balaban J connectivity index is 2.65. The summed E-state index contributed by atoms with van der Waals surface area (Å²) in [5.74, 6) is -4.55. The minimum Gasteiger partial charge on any atom is -0.386 e. The molecule has 0 saturated carbocycles. The van der Waals surface area contributed by atoms with E-state index in [1.807, 2.05) is 0 Å². The Labute approximate surface area is 180 Å². The molecule has 0 aliphatic carbocycles. The quantitative estimate of drug-likeness (QED) is 0.267. The molecule has 0 amide bonds. The molecule has 2 rings (SSSR count). The highest BCUT2D eigenvalue weighted by Gasteiger charge is 2.44. The molecule has 9 nitrogen and oxygen atoms in total. The van der Waals surface area contributed by atoms with E-state index in [1.54, 1.807) is 0 Å². The number of ether oxygens (including phenoxy) is 1. The average molecular weight is 522 g/mol. The average Bonchev–Trinajstić information content (AvgIpc) is 2.63. The second kappa shape index (κ2) is 8.40. The lowest BCUT2D eigenvalue weighted by atomic mass is 10.1. The van der Waals surface area contributed by atoms with Crippen LogP contribution >= 0.6 is 0 Å². The maximum absolute atomic E-state index is 13.4. The van der Waals surface area contributed by atoms with Crippen LogP contribution in [0.5, 0.6) is 0 Å². The number of alkyl halides is 6. The van der Waals surface area contributed by atoms with Crippen LogP contribution in [0.25, 0.3) is 0 Å². The van der Waals surface area contributed by atoms with Crippen molar-refractivity contribution in [2.75, 3.05) is 0 Å². The molecule has 0 saturated heterocycles. The Morgan fingerprint density at radius 3 is 1.21 bits per heavy atom. The van der Waals surface area contributed by atoms with Gasteiger partial charge in [-0.1, -0.05) is 12.1 Å². The Morgan fingerprint density at radius 2 is 0.970 bits per heavy atom. The normalized spacial score (nSPS) is 13.0. The van der Waals surface area contributed by atoms with Crippen LogP contribution in [0.3, 0.4) is 0 Å². The summed E-state index contributed by atoms with van der Waals surface area (Å²) < 4.78 is 147. The molecule has 180 valence electrons. The number of carbonyl (C=O) groups is 2. The molecule has 17 heteroatoms. The predicted molar refractivity (Wildman–Crippen MR) is 92.3 cm³/mol. The number of hydrogen-bond acceptors (Lipinski definition) is 7. The van der Waals surface area contributed by atoms with E-state index in [0.29, 0.717) is 24.3 Å². The third-order valence-corrected chi connectivity index (χ3v) is 5.59. The smallest absolute Gasteiger partial charge is 0.386 e. The van der Waals surface area contributed by atoms with Gasteiger partial charge < -0.3 is 4.74 Å². The Hall–Kier alpha value is -3.02. The van der Waals surface area contributed by atoms with Gasteiger partial charge in [-0.05, 0) is 24.3 Å². The Morgan fingerprint density at radius 1 is 0.667 bits per heavy atom. The van der Waals surface area contributed by atoms with Gasteiger partial charge in [0.15, 0.2) is 0 Å². The Kier molecular flexibility index (Phi) is 6.68. The van der Waals surface area contributed by atoms with Crippen molar-refractivity contribution in [2.24, 2.45) is 0 Å². The number of rotatable bonds is 4. The third kappa shape index (κ3) is 5.67. The van der Waals surface area contributed by atoms with Gasteiger partial charge in [-0.15, -0.1) is 0 Å². The summed E-state index contributed by atoms with van der Waals surface area (Å²) in [4.78, 5) is 20.7. The van der Waals surface area contributed by atoms with Gasteiger partial charge in [0.25, 0.3) is 20.2 Å². The largest absolute Gasteiger partial charge is 0.418 e. The van der Waals surface area contributed by atoms with Gasteiger partial charge in [-0.25, -0.2) is 9.59 Å². The van der Waals surface area contributed by atoms with Gasteiger partial charge in [-0.2, -0.15) is 43.2 Å². The van der Waals surface area contributed by atoms with Gasteiger partial charge in [0.1, 0.15) is 9.79 Å². The molecule has 2 N–H and O–H groups in total. The van der Waals surface area contributed by atoms with E-state index >= 15 is 0 Å². The molecule has 0 aromatic heterocycles. The van der Waals surface area contributed by atoms with Crippen molar-refractivity contribution >= 4 is 32.2 Å². The topological polar surface area (TPSA) is 152 Å². The number of benzene rings is 2. The highest BCUT2D eigenvalue weighted by Crippen LogP contribution is 2.39. The van der Waals surface area contributed by atoms with Gasteiger partial charge >= 0.3 is 24.3 Å². The summed E-state index contributed by atoms with van der Waals surface area (Å²) in [6, 6.07) is 2.22. The molecule has 0 heterocycles. The molecule has 33 heavy (non-hydrogen) atoms. The van der Waals surface area contributed by atoms with Crippen LogP contribution in [0.4, 0.5) is 26.3 Å². The number of halogens is 6. The SMILES string of the molecule is O=C(OC(=O)c1cccc(S(=O)(=O)O)c1C(F)(F)F)c1cccc(S(=O)(=O)O)c1C(F)(F)F. The highest BCUT2D eigenvalue weighted by molar-refractivity contribution is 7.86. The maximum atomic E-state index is 13.4. The van der Waals surface area contributed by atoms with Crippen LogP contribution < -0.4 is 0 Å². The Bertz CT molecular complexity index is 1240. The van der Waals surface area contributed by atoms with Crippen LogP contribution in [0, 0.1) is 0 Å². The van der Waals surface area contributed by atoms with E-state index in [9.17, 15) is 52.8 Å². The minimum atomic E-state index is -5.62. The lowest BCUT2D eigenvalue weighted by Crippen LogP contribution is -2.23. The van der Waals surface area contributed by atoms with E-state index in [4.69, 9.17) is 9.11 Å². The molecular formula is C16H8F6O9S2. The minimum absolute atomic E-state index is 0.258. The molecule has 0 aliphatic heterocycles. The highest BCUT2D eigenvalue weighted by atomic mass is 32.2. The fraction of sp³-hybridized carbons (Fsp3) is 0.125. The monoisotopic (exact) mass is 522 g/mol. The standard InChI is InChI=1S/C16H8F6O9S2/c17-15(18,19)11-7(3-1-5-9(11)32(25,26)27)13(23)31-14(24)8-4-2-6-10(33(28,29)30)12(8)16(20,21)22/h1-6H,(H,25,26,27)(H,28,29,30). The van der Waals surface area contributed by atoms with Crippen molar-refractivity contribution < 1.29 is 66.6 Å². The first-order valence-corrected chi connectivity index (χ1v) is 10.8. The molecule has 0 unspecified atom stereocenters. The first kappa shape index (κ1) is 26.2. The molecule has 2 aromatic rings. The zero-order valence-corrected chi connectivity index (χ0v) is 16.9. The second-order valence-electron chi connectivity index (χ2n) is 5.98. The second-order valence-corrected chi connectivity index (χ2v) is 8.76. The van der Waals surface area contributed by atoms with Crippen LogP contribution in [-0.2, 0) is 37.3 Å². The number of hydrogen-bond donors (Lipinski definition) is 2. The third-order valence-electron chi connectivity index (χ3n) is 3.80. The van der Waals surface area contributed by atoms with E-state index in [0.717, 1.165) is 0 Å². The van der Waals surface area contributed by atoms with E-state index in [-0.39, 0.29) is 12.1 Å². The molecule has 2 aromatic carbocycles. The summed E-state index contributed by atoms with van der Waals surface area (Å²) in [5, 5.41) is 0. The molecule has 0 fully saturated rings. The van der Waals surface area contributed by atoms with Crippen LogP contribution in [0.15, 0.2) is 46.2 Å². The molecule has 0 atom stereocenters. The summed E-state index contributed by atoms with van der Waals surface area (Å²) in [6.07, 6.45) is -11.2. The molecular weight excluding hydrogens is 514 g/mol. The van der Waals surface area contributed by atoms with Gasteiger partial charge in [-0.3, -0.25) is 9.11 Å². The summed E-state index contributed by atoms with van der Waals surface area (Å²) in [5.41, 5.74) is -7.86. The van der Waals surface area contributed by atoms with Gasteiger partial charge in [0.2, 0.25) is 0 Å². The molecule has 0 spiro atoms. The molecule has 0 aliphatic rings. The van der Waals surface area contributed by atoms with Crippen LogP contribution in [-0.4, -0.2) is 37.9 Å². The number of carbonyl (C=O) groups excluding carboxylic acids is 2. The van der Waals surface area contributed by atoms with E-state index in [2.05, 4.69) is 4.74 Å². The van der Waals surface area contributed by atoms with Gasteiger partial charge in [0.05, 0.1) is 22.3 Å². The van der Waals surface area contributed by atoms with Crippen molar-refractivity contribution in [1.29, 1.82) is 0 Å². The lowest BCUT2D eigenvalue weighted by molar-refractivity contribution is -0.141. The predicted octanol–water partition coefficient (Wildman–Crippen LogP) is 3.21. The van der Waals surface area contributed by atoms with Crippen LogP contribution in [0.1, 0.15) is 31.8 Å². The maximum Gasteiger partial charge on any atom is 0.418 e. The van der Waals surface area contributed by atoms with Gasteiger partial charge in [0, 0.05) is 0 Å². The fourth-order valence-electron chi connectivity index (χ4n) is 2.61. The van der Waals surface area contributed by atoms with Crippen LogP contribution in [0.2, 0.25) is 0 Å². The van der Waals surface area contributed by atoms with E-state index in [1.165, 1.54) is 0 Å². The van der Waals surface area contributed by atoms with Crippen molar-refractivity contribution in [3.63, 3.8) is 0 Å². The van der Waals surface area contributed by atoms with Crippen molar-refractivity contribution in [2.45, 2.75) is 22.1 Å². The summed E-state index contributed by atoms with van der Waals surface area (Å²) in [7, 11) is -11.1. The van der Waals surface area contributed by atoms with Crippen molar-refractivity contribution in [3.8, 4) is 0 Å². The zero-order valence-electron chi connectivity index (χ0n) is 15.3. The zero-order chi connectivity index (χ0) is 25.6. The van der Waals surface area contributed by atoms with Crippen molar-refractivity contribution in [3.05, 3.63) is 58.7 Å². The first-order valence-electron chi connectivity index (χ1n) is 7.88. The van der Waals surface area contributed by atoms with E-state index < -0.39 is 76.6 Å². The summed E-state index contributed by atoms with van der Waals surface area (Å²) >= 11 is 0. The number of esters is 2. The van der Waals surface area contributed by atoms with Crippen molar-refractivity contribution in [1.82, 2.24) is 0 Å². The molecule has 0 radical (unpaired) electrons.